The molecule has 0 saturated carbocycles. The summed E-state index contributed by atoms with van der Waals surface area (Å²) in [7, 11) is 0. The van der Waals surface area contributed by atoms with E-state index in [9.17, 15) is 58.5 Å². The van der Waals surface area contributed by atoms with Gasteiger partial charge in [0.05, 0.1) is 6.42 Å². The number of carboxylic acids is 3. The van der Waals surface area contributed by atoms with Crippen molar-refractivity contribution in [3.8, 4) is 0 Å². The van der Waals surface area contributed by atoms with Crippen molar-refractivity contribution >= 4 is 53.5 Å². The molecule has 0 radical (unpaired) electrons. The number of benzene rings is 3. The predicted molar refractivity (Wildman–Crippen MR) is 215 cm³/mol. The van der Waals surface area contributed by atoms with Crippen LogP contribution in [0, 0.1) is 5.92 Å². The highest BCUT2D eigenvalue weighted by Crippen LogP contribution is 2.28. The van der Waals surface area contributed by atoms with Gasteiger partial charge in [0, 0.05) is 19.5 Å². The van der Waals surface area contributed by atoms with Gasteiger partial charge in [-0.15, -0.1) is 0 Å². The van der Waals surface area contributed by atoms with E-state index in [1.165, 1.54) is 18.7 Å². The first kappa shape index (κ1) is 47.3. The van der Waals surface area contributed by atoms with Gasteiger partial charge in [-0.1, -0.05) is 105 Å². The molecule has 1 saturated heterocycles. The van der Waals surface area contributed by atoms with Gasteiger partial charge in [0.2, 0.25) is 11.8 Å². The number of hydrazine groups is 1. The van der Waals surface area contributed by atoms with Gasteiger partial charge >= 0.3 is 24.0 Å². The van der Waals surface area contributed by atoms with Crippen molar-refractivity contribution in [1.82, 2.24) is 31.3 Å². The van der Waals surface area contributed by atoms with Crippen LogP contribution in [-0.2, 0) is 67.5 Å². The Balaban J connectivity index is 1.45. The minimum Gasteiger partial charge on any atom is -0.481 e. The minimum atomic E-state index is -1.79. The number of nitrogens with one attached hydrogen (secondary N) is 4. The van der Waals surface area contributed by atoms with Gasteiger partial charge in [0.15, 0.2) is 12.2 Å². The summed E-state index contributed by atoms with van der Waals surface area (Å²) < 4.78 is 10.5. The predicted octanol–water partition coefficient (Wildman–Crippen LogP) is 1.19. The molecule has 3 aromatic carbocycles. The Bertz CT molecular complexity index is 2030. The van der Waals surface area contributed by atoms with Crippen molar-refractivity contribution < 1.29 is 67.9 Å². The Hall–Kier alpha value is -7.35. The van der Waals surface area contributed by atoms with E-state index in [0.29, 0.717) is 10.6 Å². The highest BCUT2D eigenvalue weighted by Gasteiger charge is 2.54. The van der Waals surface area contributed by atoms with Crippen molar-refractivity contribution in [2.24, 2.45) is 5.92 Å². The van der Waals surface area contributed by atoms with Crippen LogP contribution in [-0.4, -0.2) is 116 Å². The smallest absolute Gasteiger partial charge is 0.408 e. The summed E-state index contributed by atoms with van der Waals surface area (Å²) in [4.78, 5) is 117. The van der Waals surface area contributed by atoms with Crippen molar-refractivity contribution in [3.63, 3.8) is 0 Å². The summed E-state index contributed by atoms with van der Waals surface area (Å²) in [6, 6.07) is 21.5. The second-order valence-electron chi connectivity index (χ2n) is 14.5. The topological polar surface area (TPSA) is 291 Å². The van der Waals surface area contributed by atoms with Crippen LogP contribution in [0.2, 0.25) is 0 Å². The number of rotatable bonds is 22. The fraction of sp³-hybridized carbons (Fsp3) is 0.357. The molecule has 0 aromatic heterocycles. The molecule has 1 aliphatic heterocycles. The Morgan fingerprint density at radius 2 is 1.15 bits per heavy atom. The highest BCUT2D eigenvalue weighted by atomic mass is 16.6. The molecule has 20 heteroatoms. The van der Waals surface area contributed by atoms with Gasteiger partial charge in [-0.05, 0) is 29.0 Å². The lowest BCUT2D eigenvalue weighted by Gasteiger charge is -2.28. The molecule has 0 spiro atoms. The molecular weight excluding hydrogens is 812 g/mol. The van der Waals surface area contributed by atoms with Gasteiger partial charge in [0.1, 0.15) is 31.3 Å². The lowest BCUT2D eigenvalue weighted by molar-refractivity contribution is -0.151. The van der Waals surface area contributed by atoms with Crippen LogP contribution in [0.5, 0.6) is 0 Å². The number of alkyl carbamates (subject to hydrolysis) is 1. The lowest BCUT2D eigenvalue weighted by atomic mass is 10.0. The number of carbonyl (C=O) groups is 9. The zero-order chi connectivity index (χ0) is 45.3. The van der Waals surface area contributed by atoms with Crippen molar-refractivity contribution in [1.29, 1.82) is 0 Å². The third kappa shape index (κ3) is 15.0. The quantitative estimate of drug-likeness (QED) is 0.0552. The zero-order valence-electron chi connectivity index (χ0n) is 33.8. The Labute approximate surface area is 355 Å². The number of amides is 6. The normalized spacial score (nSPS) is 15.4. The van der Waals surface area contributed by atoms with Crippen molar-refractivity contribution in [2.75, 3.05) is 6.54 Å². The Morgan fingerprint density at radius 1 is 0.629 bits per heavy atom. The first-order valence-electron chi connectivity index (χ1n) is 19.4. The van der Waals surface area contributed by atoms with Gasteiger partial charge < -0.3 is 45.6 Å². The summed E-state index contributed by atoms with van der Waals surface area (Å²) in [5.74, 6) is -10.2. The molecule has 1 heterocycles. The number of aliphatic carboxylic acids is 3. The largest absolute Gasteiger partial charge is 0.481 e. The molecular formula is C42H48N6O14. The van der Waals surface area contributed by atoms with Crippen LogP contribution in [0.25, 0.3) is 0 Å². The average Bonchev–Trinajstić information content (AvgIpc) is 4.04. The molecule has 0 bridgehead atoms. The van der Waals surface area contributed by atoms with E-state index in [2.05, 4.69) is 21.4 Å². The van der Waals surface area contributed by atoms with Gasteiger partial charge in [0.25, 0.3) is 17.7 Å². The number of carbonyl (C=O) groups excluding carboxylic acids is 6. The summed E-state index contributed by atoms with van der Waals surface area (Å²) >= 11 is 0. The summed E-state index contributed by atoms with van der Waals surface area (Å²) in [6.07, 6.45) is -6.14. The summed E-state index contributed by atoms with van der Waals surface area (Å²) in [5, 5.41) is 35.6. The van der Waals surface area contributed by atoms with Crippen LogP contribution in [0.3, 0.4) is 0 Å². The molecule has 5 atom stereocenters. The van der Waals surface area contributed by atoms with Crippen LogP contribution in [0.1, 0.15) is 49.8 Å². The van der Waals surface area contributed by atoms with Gasteiger partial charge in [-0.25, -0.2) is 9.80 Å². The number of epoxide rings is 1. The lowest BCUT2D eigenvalue weighted by Crippen LogP contribution is -2.60. The number of nitrogens with zero attached hydrogens (tertiary/aromatic N) is 2. The number of hydrogen-bond acceptors (Lipinski definition) is 11. The van der Waals surface area contributed by atoms with Crippen LogP contribution in [0.15, 0.2) is 91.0 Å². The Kier molecular flexibility index (Phi) is 17.5. The number of ether oxygens (including phenoxy) is 2. The van der Waals surface area contributed by atoms with Gasteiger partial charge in [-0.3, -0.25) is 43.8 Å². The van der Waals surface area contributed by atoms with E-state index in [-0.39, 0.29) is 19.7 Å². The molecule has 1 aliphatic rings. The molecule has 3 aromatic rings. The highest BCUT2D eigenvalue weighted by molar-refractivity contribution is 5.98. The monoisotopic (exact) mass is 860 g/mol. The summed E-state index contributed by atoms with van der Waals surface area (Å²) in [5.41, 5.74) is 4.35. The number of carboxylic acid groups (broad SMARTS) is 3. The van der Waals surface area contributed by atoms with E-state index in [1.54, 1.807) is 54.6 Å². The first-order chi connectivity index (χ1) is 29.5. The minimum absolute atomic E-state index is 0.159. The van der Waals surface area contributed by atoms with Crippen molar-refractivity contribution in [3.05, 3.63) is 108 Å². The fourth-order valence-electron chi connectivity index (χ4n) is 6.04. The Morgan fingerprint density at radius 3 is 1.65 bits per heavy atom. The second-order valence-corrected chi connectivity index (χ2v) is 14.5. The molecule has 0 aliphatic carbocycles. The van der Waals surface area contributed by atoms with Gasteiger partial charge in [-0.2, -0.15) is 0 Å². The maximum Gasteiger partial charge on any atom is 0.408 e. The molecule has 5 unspecified atom stereocenters. The third-order valence-electron chi connectivity index (χ3n) is 9.25. The molecule has 1 fully saturated rings. The van der Waals surface area contributed by atoms with Crippen LogP contribution in [0.4, 0.5) is 4.79 Å². The molecule has 330 valence electrons. The maximum atomic E-state index is 13.7. The van der Waals surface area contributed by atoms with Crippen LogP contribution < -0.4 is 21.4 Å². The molecule has 6 amide bonds. The fourth-order valence-corrected chi connectivity index (χ4v) is 6.04. The van der Waals surface area contributed by atoms with Crippen LogP contribution >= 0.6 is 0 Å². The summed E-state index contributed by atoms with van der Waals surface area (Å²) in [6.45, 7) is 1.99. The van der Waals surface area contributed by atoms with E-state index in [4.69, 9.17) is 9.47 Å². The molecule has 4 rings (SSSR count). The van der Waals surface area contributed by atoms with E-state index < -0.39 is 116 Å². The first-order valence-corrected chi connectivity index (χ1v) is 19.4. The van der Waals surface area contributed by atoms with E-state index >= 15 is 0 Å². The molecule has 20 nitrogen and oxygen atoms in total. The SMILES string of the molecule is CC(C)C(NC(=O)C(CCC(=O)O)NC(=O)C(CC(=O)O)NC(=O)OCc1ccccc1)C(=O)NN(CC(=O)O)C(=O)C1OC1C(=O)N(Cc1ccccc1)Cc1ccccc1. The third-order valence-corrected chi connectivity index (χ3v) is 9.25. The standard InChI is InChI=1S/C42H48N6O14/c1-25(2)34(45-37(55)29(18-19-31(49)50)43-38(56)30(20-32(51)52)44-42(60)61-24-28-16-10-5-11-17-28)39(57)46-48(23-33(53)54)41(59)36-35(62-36)40(58)47(21-26-12-6-3-7-13-26)22-27-14-8-4-9-15-27/h3-17,25,29-30,34-36H,18-24H2,1-2H3,(H,43,56)(H,44,60)(H,45,55)(H,46,57)(H,49,50)(H,51,52)(H,53,54). The maximum absolute atomic E-state index is 13.7. The van der Waals surface area contributed by atoms with E-state index in [1.807, 2.05) is 36.4 Å². The van der Waals surface area contributed by atoms with E-state index in [0.717, 1.165) is 11.1 Å². The second kappa shape index (κ2) is 22.9. The number of hydrogen-bond donors (Lipinski definition) is 7. The zero-order valence-corrected chi connectivity index (χ0v) is 33.8. The average molecular weight is 861 g/mol. The van der Waals surface area contributed by atoms with Crippen molar-refractivity contribution in [2.45, 2.75) is 83.1 Å². The molecule has 7 N–H and O–H groups in total. The molecule has 62 heavy (non-hydrogen) atoms.